The molecule has 0 bridgehead atoms. The van der Waals surface area contributed by atoms with E-state index in [9.17, 15) is 13.2 Å². The van der Waals surface area contributed by atoms with Crippen molar-refractivity contribution in [3.63, 3.8) is 0 Å². The molecule has 4 rings (SSSR count). The molecule has 0 radical (unpaired) electrons. The second-order valence-electron chi connectivity index (χ2n) is 13.4. The van der Waals surface area contributed by atoms with E-state index in [0.29, 0.717) is 45.3 Å². The fourth-order valence-electron chi connectivity index (χ4n) is 6.21. The quantitative estimate of drug-likeness (QED) is 0.141. The maximum atomic E-state index is 13.6. The van der Waals surface area contributed by atoms with Gasteiger partial charge in [0.2, 0.25) is 0 Å². The summed E-state index contributed by atoms with van der Waals surface area (Å²) in [6.45, 7) is 14.3. The zero-order chi connectivity index (χ0) is 36.1. The highest BCUT2D eigenvalue weighted by Gasteiger charge is 2.34. The summed E-state index contributed by atoms with van der Waals surface area (Å²) in [5.41, 5.74) is 0.514. The average Bonchev–Trinajstić information content (AvgIpc) is 3.10. The van der Waals surface area contributed by atoms with Crippen LogP contribution in [0.5, 0.6) is 0 Å². The molecule has 0 aromatic heterocycles. The van der Waals surface area contributed by atoms with Gasteiger partial charge in [-0.25, -0.2) is 0 Å². The van der Waals surface area contributed by atoms with Gasteiger partial charge in [-0.15, -0.1) is 0 Å². The maximum absolute atomic E-state index is 13.6. The SMILES string of the molecule is CCCOC(C)(C)C(COCC(COCC(CN1CCN(CCCN2c3ccccc3Sc3ccc(C(F)(F)F)cc32)CC1)OC)OC)OC. The van der Waals surface area contributed by atoms with Crippen LogP contribution in [0.2, 0.25) is 0 Å². The molecule has 0 amide bonds. The van der Waals surface area contributed by atoms with E-state index >= 15 is 0 Å². The molecule has 9 nitrogen and oxygen atoms in total. The van der Waals surface area contributed by atoms with Crippen LogP contribution in [0, 0.1) is 0 Å². The highest BCUT2D eigenvalue weighted by atomic mass is 32.2. The Bertz CT molecular complexity index is 1300. The van der Waals surface area contributed by atoms with Crippen molar-refractivity contribution in [3.05, 3.63) is 48.0 Å². The molecule has 3 atom stereocenters. The molecular formula is C37H56F3N3O6S. The van der Waals surface area contributed by atoms with Crippen LogP contribution >= 0.6 is 11.8 Å². The van der Waals surface area contributed by atoms with Gasteiger partial charge in [-0.2, -0.15) is 13.2 Å². The first-order chi connectivity index (χ1) is 24.0. The number of anilines is 2. The molecule has 0 aliphatic carbocycles. The third kappa shape index (κ3) is 11.8. The van der Waals surface area contributed by atoms with Gasteiger partial charge in [-0.3, -0.25) is 4.90 Å². The molecule has 50 heavy (non-hydrogen) atoms. The summed E-state index contributed by atoms with van der Waals surface area (Å²) < 4.78 is 75.6. The average molecular weight is 728 g/mol. The number of fused-ring (bicyclic) bond motifs is 2. The molecule has 2 aromatic carbocycles. The van der Waals surface area contributed by atoms with Crippen molar-refractivity contribution < 1.29 is 41.6 Å². The topological polar surface area (TPSA) is 65.1 Å². The molecule has 1 saturated heterocycles. The number of halogens is 3. The molecular weight excluding hydrogens is 671 g/mol. The lowest BCUT2D eigenvalue weighted by Gasteiger charge is -2.37. The minimum atomic E-state index is -4.38. The van der Waals surface area contributed by atoms with Crippen LogP contribution in [0.3, 0.4) is 0 Å². The summed E-state index contributed by atoms with van der Waals surface area (Å²) in [7, 11) is 5.03. The molecule has 3 unspecified atom stereocenters. The van der Waals surface area contributed by atoms with Crippen molar-refractivity contribution in [3.8, 4) is 0 Å². The van der Waals surface area contributed by atoms with E-state index in [0.717, 1.165) is 67.6 Å². The van der Waals surface area contributed by atoms with Crippen molar-refractivity contribution >= 4 is 23.1 Å². The van der Waals surface area contributed by atoms with E-state index < -0.39 is 17.3 Å². The van der Waals surface area contributed by atoms with E-state index in [4.69, 9.17) is 28.4 Å². The number of ether oxygens (including phenoxy) is 6. The lowest BCUT2D eigenvalue weighted by molar-refractivity contribution is -0.146. The molecule has 2 aromatic rings. The zero-order valence-electron chi connectivity index (χ0n) is 30.5. The Morgan fingerprint density at radius 1 is 0.760 bits per heavy atom. The van der Waals surface area contributed by atoms with Crippen molar-refractivity contribution in [1.82, 2.24) is 9.80 Å². The molecule has 0 N–H and O–H groups in total. The standard InChI is InChI=1S/C37H56F3N3O6S/c1-7-21-49-36(2,3)35(46-6)27-48-26-30(45-5)25-47-24-29(44-4)23-42-19-17-41(18-20-42)15-10-16-43-31-11-8-9-12-33(31)50-34-14-13-28(22-32(34)43)37(38,39)40/h8-9,11-14,22,29-30,35H,7,10,15-21,23-27H2,1-6H3. The van der Waals surface area contributed by atoms with Gasteiger partial charge in [0, 0.05) is 77.0 Å². The van der Waals surface area contributed by atoms with E-state index in [1.54, 1.807) is 27.4 Å². The molecule has 2 aliphatic rings. The molecule has 282 valence electrons. The van der Waals surface area contributed by atoms with E-state index in [-0.39, 0.29) is 18.3 Å². The van der Waals surface area contributed by atoms with Gasteiger partial charge in [0.1, 0.15) is 12.2 Å². The predicted molar refractivity (Wildman–Crippen MR) is 191 cm³/mol. The number of alkyl halides is 3. The summed E-state index contributed by atoms with van der Waals surface area (Å²) in [6.07, 6.45) is -3.10. The first-order valence-electron chi connectivity index (χ1n) is 17.6. The van der Waals surface area contributed by atoms with Crippen LogP contribution in [0.25, 0.3) is 0 Å². The highest BCUT2D eigenvalue weighted by molar-refractivity contribution is 7.99. The van der Waals surface area contributed by atoms with Crippen LogP contribution in [0.4, 0.5) is 24.5 Å². The Balaban J connectivity index is 1.17. The number of methoxy groups -OCH3 is 3. The lowest BCUT2D eigenvalue weighted by atomic mass is 10.0. The molecule has 2 aliphatic heterocycles. The van der Waals surface area contributed by atoms with Crippen LogP contribution in [-0.2, 0) is 34.6 Å². The maximum Gasteiger partial charge on any atom is 0.416 e. The smallest absolute Gasteiger partial charge is 0.378 e. The fraction of sp³-hybridized carbons (Fsp3) is 0.676. The van der Waals surface area contributed by atoms with Gasteiger partial charge in [0.25, 0.3) is 0 Å². The van der Waals surface area contributed by atoms with Gasteiger partial charge < -0.3 is 38.2 Å². The molecule has 2 heterocycles. The van der Waals surface area contributed by atoms with Crippen LogP contribution in [0.1, 0.15) is 39.2 Å². The van der Waals surface area contributed by atoms with Crippen molar-refractivity contribution in [2.75, 3.05) is 105 Å². The summed E-state index contributed by atoms with van der Waals surface area (Å²) in [5.74, 6) is 0. The number of benzene rings is 2. The summed E-state index contributed by atoms with van der Waals surface area (Å²) in [6, 6.07) is 12.0. The third-order valence-corrected chi connectivity index (χ3v) is 10.5. The van der Waals surface area contributed by atoms with Gasteiger partial charge >= 0.3 is 6.18 Å². The van der Waals surface area contributed by atoms with Crippen molar-refractivity contribution in [2.45, 2.75) is 73.5 Å². The molecule has 13 heteroatoms. The fourth-order valence-corrected chi connectivity index (χ4v) is 7.29. The van der Waals surface area contributed by atoms with Crippen molar-refractivity contribution in [1.29, 1.82) is 0 Å². The van der Waals surface area contributed by atoms with Gasteiger partial charge in [-0.1, -0.05) is 30.8 Å². The van der Waals surface area contributed by atoms with E-state index in [1.807, 2.05) is 38.1 Å². The van der Waals surface area contributed by atoms with Crippen LogP contribution in [0.15, 0.2) is 52.3 Å². The largest absolute Gasteiger partial charge is 0.416 e. The highest BCUT2D eigenvalue weighted by Crippen LogP contribution is 2.49. The molecule has 1 fully saturated rings. The summed E-state index contributed by atoms with van der Waals surface area (Å²) in [5, 5.41) is 0. The number of piperazine rings is 1. The predicted octanol–water partition coefficient (Wildman–Crippen LogP) is 6.60. The van der Waals surface area contributed by atoms with Gasteiger partial charge in [0.15, 0.2) is 0 Å². The number of rotatable bonds is 21. The lowest BCUT2D eigenvalue weighted by Crippen LogP contribution is -2.49. The Labute approximate surface area is 300 Å². The Morgan fingerprint density at radius 3 is 2.06 bits per heavy atom. The summed E-state index contributed by atoms with van der Waals surface area (Å²) >= 11 is 1.52. The Hall–Kier alpha value is -1.94. The van der Waals surface area contributed by atoms with Crippen molar-refractivity contribution in [2.24, 2.45) is 0 Å². The molecule has 0 spiro atoms. The third-order valence-electron chi connectivity index (χ3n) is 9.32. The van der Waals surface area contributed by atoms with Gasteiger partial charge in [0.05, 0.1) is 55.1 Å². The van der Waals surface area contributed by atoms with Gasteiger partial charge in [-0.05, 0) is 63.6 Å². The normalized spacial score (nSPS) is 17.7. The first kappa shape index (κ1) is 40.8. The number of hydrogen-bond donors (Lipinski definition) is 0. The van der Waals surface area contributed by atoms with Crippen LogP contribution < -0.4 is 4.90 Å². The minimum absolute atomic E-state index is 0.0759. The van der Waals surface area contributed by atoms with Crippen LogP contribution in [-0.4, -0.2) is 134 Å². The molecule has 0 saturated carbocycles. The van der Waals surface area contributed by atoms with E-state index in [2.05, 4.69) is 21.6 Å². The number of hydrogen-bond acceptors (Lipinski definition) is 10. The van der Waals surface area contributed by atoms with E-state index in [1.165, 1.54) is 23.9 Å². The number of para-hydroxylation sites is 1. The second-order valence-corrected chi connectivity index (χ2v) is 14.4. The number of nitrogens with zero attached hydrogens (tertiary/aromatic N) is 3. The monoisotopic (exact) mass is 727 g/mol. The Morgan fingerprint density at radius 2 is 1.40 bits per heavy atom. The zero-order valence-corrected chi connectivity index (χ0v) is 31.3. The Kier molecular flexibility index (Phi) is 16.1. The minimum Gasteiger partial charge on any atom is -0.378 e. The summed E-state index contributed by atoms with van der Waals surface area (Å²) in [4.78, 5) is 8.79. The first-order valence-corrected chi connectivity index (χ1v) is 18.4. The second kappa shape index (κ2) is 19.8.